The summed E-state index contributed by atoms with van der Waals surface area (Å²) in [5, 5.41) is 13.0. The number of nitrogens with one attached hydrogen (secondary N) is 1. The number of hydrogen-bond acceptors (Lipinski definition) is 5. The van der Waals surface area contributed by atoms with Crippen LogP contribution in [0.1, 0.15) is 51.3 Å². The largest absolute Gasteiger partial charge is 0.481 e. The lowest BCUT2D eigenvalue weighted by Crippen LogP contribution is -2.38. The second kappa shape index (κ2) is 5.22. The summed E-state index contributed by atoms with van der Waals surface area (Å²) in [7, 11) is 0. The van der Waals surface area contributed by atoms with Crippen LogP contribution >= 0.6 is 11.5 Å². The van der Waals surface area contributed by atoms with Crippen LogP contribution < -0.4 is 5.32 Å². The van der Waals surface area contributed by atoms with Crippen molar-refractivity contribution in [1.29, 1.82) is 0 Å². The molecule has 0 amide bonds. The zero-order valence-electron chi connectivity index (χ0n) is 10.8. The Balaban J connectivity index is 1.91. The van der Waals surface area contributed by atoms with Crippen molar-refractivity contribution in [2.24, 2.45) is 5.41 Å². The Labute approximate surface area is 111 Å². The van der Waals surface area contributed by atoms with Crippen LogP contribution in [0.3, 0.4) is 0 Å². The van der Waals surface area contributed by atoms with Crippen molar-refractivity contribution < 1.29 is 9.90 Å². The number of rotatable bonds is 6. The minimum atomic E-state index is -0.711. The highest BCUT2D eigenvalue weighted by atomic mass is 32.1. The lowest BCUT2D eigenvalue weighted by molar-refractivity contribution is -0.141. The average Bonchev–Trinajstić information content (AvgIpc) is 2.70. The average molecular weight is 269 g/mol. The summed E-state index contributed by atoms with van der Waals surface area (Å²) in [4.78, 5) is 15.3. The number of hydrogen-bond donors (Lipinski definition) is 2. The van der Waals surface area contributed by atoms with Crippen LogP contribution in [0.15, 0.2) is 0 Å². The molecular weight excluding hydrogens is 250 g/mol. The van der Waals surface area contributed by atoms with Crippen LogP contribution in [0.25, 0.3) is 0 Å². The quantitative estimate of drug-likeness (QED) is 0.830. The van der Waals surface area contributed by atoms with Gasteiger partial charge in [-0.25, -0.2) is 4.98 Å². The Kier molecular flexibility index (Phi) is 3.85. The first-order valence-electron chi connectivity index (χ1n) is 6.30. The van der Waals surface area contributed by atoms with E-state index in [4.69, 9.17) is 5.11 Å². The summed E-state index contributed by atoms with van der Waals surface area (Å²) >= 11 is 1.35. The number of carboxylic acid groups (broad SMARTS) is 1. The predicted octanol–water partition coefficient (Wildman–Crippen LogP) is 2.72. The summed E-state index contributed by atoms with van der Waals surface area (Å²) < 4.78 is 4.27. The van der Waals surface area contributed by atoms with Crippen molar-refractivity contribution in [3.8, 4) is 0 Å². The van der Waals surface area contributed by atoms with Gasteiger partial charge in [0.2, 0.25) is 5.13 Å². The Morgan fingerprint density at radius 3 is 2.72 bits per heavy atom. The van der Waals surface area contributed by atoms with Gasteiger partial charge in [0.1, 0.15) is 5.82 Å². The Bertz CT molecular complexity index is 427. The molecule has 1 aliphatic carbocycles. The predicted molar refractivity (Wildman–Crippen MR) is 71.0 cm³/mol. The standard InChI is InChI=1S/C12H19N3O2S/c1-8(2)10-14-11(18-15-10)13-7-12(4-3-5-12)6-9(16)17/h8H,3-7H2,1-2H3,(H,16,17)(H,13,14,15). The molecule has 1 heterocycles. The van der Waals surface area contributed by atoms with Crippen LogP contribution in [-0.4, -0.2) is 27.0 Å². The van der Waals surface area contributed by atoms with Crippen LogP contribution in [0, 0.1) is 5.41 Å². The van der Waals surface area contributed by atoms with Gasteiger partial charge in [0.05, 0.1) is 6.42 Å². The molecule has 0 aliphatic heterocycles. The number of aromatic nitrogens is 2. The van der Waals surface area contributed by atoms with E-state index < -0.39 is 5.97 Å². The van der Waals surface area contributed by atoms with Crippen molar-refractivity contribution >= 4 is 22.6 Å². The third-order valence-corrected chi connectivity index (χ3v) is 4.20. The van der Waals surface area contributed by atoms with Gasteiger partial charge in [-0.2, -0.15) is 4.37 Å². The lowest BCUT2D eigenvalue weighted by Gasteiger charge is -2.40. The Hall–Kier alpha value is -1.17. The van der Waals surface area contributed by atoms with Gasteiger partial charge in [-0.1, -0.05) is 20.3 Å². The second-order valence-electron chi connectivity index (χ2n) is 5.39. The zero-order chi connectivity index (χ0) is 13.2. The fraction of sp³-hybridized carbons (Fsp3) is 0.750. The van der Waals surface area contributed by atoms with E-state index in [2.05, 4.69) is 28.5 Å². The van der Waals surface area contributed by atoms with E-state index >= 15 is 0 Å². The molecular formula is C12H19N3O2S. The summed E-state index contributed by atoms with van der Waals surface area (Å²) in [6.07, 6.45) is 3.35. The van der Waals surface area contributed by atoms with E-state index in [0.717, 1.165) is 30.2 Å². The molecule has 0 atom stereocenters. The van der Waals surface area contributed by atoms with Gasteiger partial charge in [0.15, 0.2) is 0 Å². The van der Waals surface area contributed by atoms with E-state index in [0.29, 0.717) is 12.5 Å². The molecule has 0 saturated heterocycles. The minimum Gasteiger partial charge on any atom is -0.481 e. The fourth-order valence-electron chi connectivity index (χ4n) is 2.22. The molecule has 5 nitrogen and oxygen atoms in total. The normalized spacial score (nSPS) is 17.5. The molecule has 1 fully saturated rings. The number of carboxylic acids is 1. The van der Waals surface area contributed by atoms with Crippen molar-refractivity contribution in [2.45, 2.75) is 45.4 Å². The first-order chi connectivity index (χ1) is 8.51. The van der Waals surface area contributed by atoms with Crippen LogP contribution in [-0.2, 0) is 4.79 Å². The fourth-order valence-corrected chi connectivity index (χ4v) is 2.92. The third kappa shape index (κ3) is 2.98. The maximum Gasteiger partial charge on any atom is 0.303 e. The van der Waals surface area contributed by atoms with Crippen molar-refractivity contribution in [2.75, 3.05) is 11.9 Å². The second-order valence-corrected chi connectivity index (χ2v) is 6.14. The Morgan fingerprint density at radius 2 is 2.28 bits per heavy atom. The summed E-state index contributed by atoms with van der Waals surface area (Å²) in [6.45, 7) is 4.80. The van der Waals surface area contributed by atoms with Crippen LogP contribution in [0.5, 0.6) is 0 Å². The molecule has 2 N–H and O–H groups in total. The SMILES string of the molecule is CC(C)c1nsc(NCC2(CC(=O)O)CCC2)n1. The molecule has 18 heavy (non-hydrogen) atoms. The first kappa shape index (κ1) is 13.3. The van der Waals surface area contributed by atoms with E-state index in [1.165, 1.54) is 11.5 Å². The highest BCUT2D eigenvalue weighted by Gasteiger charge is 2.38. The van der Waals surface area contributed by atoms with Gasteiger partial charge in [0, 0.05) is 24.0 Å². The van der Waals surface area contributed by atoms with E-state index in [1.807, 2.05) is 0 Å². The molecule has 0 bridgehead atoms. The highest BCUT2D eigenvalue weighted by Crippen LogP contribution is 2.44. The molecule has 1 aromatic rings. The van der Waals surface area contributed by atoms with Crippen molar-refractivity contribution in [3.63, 3.8) is 0 Å². The van der Waals surface area contributed by atoms with Crippen LogP contribution in [0.4, 0.5) is 5.13 Å². The molecule has 100 valence electrons. The van der Waals surface area contributed by atoms with Gasteiger partial charge >= 0.3 is 5.97 Å². The molecule has 0 aromatic carbocycles. The zero-order valence-corrected chi connectivity index (χ0v) is 11.6. The van der Waals surface area contributed by atoms with E-state index in [-0.39, 0.29) is 11.8 Å². The lowest BCUT2D eigenvalue weighted by atomic mass is 9.66. The molecule has 6 heteroatoms. The van der Waals surface area contributed by atoms with Crippen LogP contribution in [0.2, 0.25) is 0 Å². The van der Waals surface area contributed by atoms with Gasteiger partial charge in [-0.3, -0.25) is 4.79 Å². The molecule has 1 aromatic heterocycles. The minimum absolute atomic E-state index is 0.0739. The van der Waals surface area contributed by atoms with Gasteiger partial charge in [0.25, 0.3) is 0 Å². The van der Waals surface area contributed by atoms with Gasteiger partial charge in [-0.05, 0) is 18.3 Å². The van der Waals surface area contributed by atoms with Crippen molar-refractivity contribution in [3.05, 3.63) is 5.82 Å². The van der Waals surface area contributed by atoms with Gasteiger partial charge < -0.3 is 10.4 Å². The summed E-state index contributed by atoms with van der Waals surface area (Å²) in [5.41, 5.74) is -0.0739. The summed E-state index contributed by atoms with van der Waals surface area (Å²) in [5.74, 6) is 0.466. The monoisotopic (exact) mass is 269 g/mol. The maximum absolute atomic E-state index is 10.9. The maximum atomic E-state index is 10.9. The first-order valence-corrected chi connectivity index (χ1v) is 7.07. The third-order valence-electron chi connectivity index (χ3n) is 3.51. The topological polar surface area (TPSA) is 75.1 Å². The molecule has 1 aliphatic rings. The smallest absolute Gasteiger partial charge is 0.303 e. The van der Waals surface area contributed by atoms with E-state index in [1.54, 1.807) is 0 Å². The number of anilines is 1. The number of aliphatic carboxylic acids is 1. The molecule has 0 radical (unpaired) electrons. The summed E-state index contributed by atoms with van der Waals surface area (Å²) in [6, 6.07) is 0. The highest BCUT2D eigenvalue weighted by molar-refractivity contribution is 7.09. The van der Waals surface area contributed by atoms with Crippen molar-refractivity contribution in [1.82, 2.24) is 9.36 Å². The molecule has 0 spiro atoms. The molecule has 0 unspecified atom stereocenters. The van der Waals surface area contributed by atoms with E-state index in [9.17, 15) is 4.79 Å². The Morgan fingerprint density at radius 1 is 1.56 bits per heavy atom. The van der Waals surface area contributed by atoms with Gasteiger partial charge in [-0.15, -0.1) is 0 Å². The molecule has 1 saturated carbocycles. The number of nitrogens with zero attached hydrogens (tertiary/aromatic N) is 2. The molecule has 2 rings (SSSR count). The number of carbonyl (C=O) groups is 1.